The Kier molecular flexibility index (Phi) is 6.96. The molecule has 0 saturated carbocycles. The molecule has 0 saturated heterocycles. The van der Waals surface area contributed by atoms with Crippen LogP contribution in [0.25, 0.3) is 33.5 Å². The molecule has 2 aromatic carbocycles. The van der Waals surface area contributed by atoms with Gasteiger partial charge in [-0.2, -0.15) is 4.98 Å². The predicted molar refractivity (Wildman–Crippen MR) is 141 cm³/mol. The summed E-state index contributed by atoms with van der Waals surface area (Å²) in [4.78, 5) is 8.97. The Morgan fingerprint density at radius 2 is 1.56 bits per heavy atom. The Labute approximate surface area is 206 Å². The molecule has 6 nitrogen and oxygen atoms in total. The number of ether oxygens (including phenoxy) is 1. The maximum absolute atomic E-state index is 12.4. The van der Waals surface area contributed by atoms with Gasteiger partial charge in [0.1, 0.15) is 6.73 Å². The molecule has 0 aliphatic rings. The summed E-state index contributed by atoms with van der Waals surface area (Å²) in [6.07, 6.45) is 1.14. The molecule has 0 amide bonds. The highest BCUT2D eigenvalue weighted by Crippen LogP contribution is 2.32. The highest BCUT2D eigenvalue weighted by atomic mass is 35.5. The lowest BCUT2D eigenvalue weighted by atomic mass is 10.0. The molecule has 0 radical (unpaired) electrons. The van der Waals surface area contributed by atoms with Gasteiger partial charge in [-0.15, -0.1) is 0 Å². The predicted octanol–water partition coefficient (Wildman–Crippen LogP) is 6.13. The van der Waals surface area contributed by atoms with Crippen LogP contribution in [-0.2, 0) is 21.3 Å². The number of hydrogen-bond acceptors (Lipinski definition) is 5. The number of rotatable bonds is 8. The molecule has 9 heteroatoms. The van der Waals surface area contributed by atoms with Gasteiger partial charge in [0.25, 0.3) is 0 Å². The Morgan fingerprint density at radius 1 is 0.941 bits per heavy atom. The highest BCUT2D eigenvalue weighted by Gasteiger charge is 2.22. The molecule has 2 heterocycles. The van der Waals surface area contributed by atoms with E-state index in [1.165, 1.54) is 4.57 Å². The van der Waals surface area contributed by atoms with Gasteiger partial charge in [-0.1, -0.05) is 85.8 Å². The van der Waals surface area contributed by atoms with Gasteiger partial charge in [-0.3, -0.25) is 4.57 Å². The van der Waals surface area contributed by atoms with Crippen LogP contribution in [0.2, 0.25) is 30.7 Å². The zero-order valence-electron chi connectivity index (χ0n) is 19.7. The summed E-state index contributed by atoms with van der Waals surface area (Å²) in [6.45, 7) is 7.44. The Balaban J connectivity index is 1.69. The molecular weight excluding hydrogens is 486 g/mol. The lowest BCUT2D eigenvalue weighted by molar-refractivity contribution is 0.0838. The summed E-state index contributed by atoms with van der Waals surface area (Å²) >= 11 is 6.62. The third-order valence-electron chi connectivity index (χ3n) is 5.47. The average molecular weight is 514 g/mol. The number of halogens is 1. The minimum Gasteiger partial charge on any atom is -0.361 e. The molecule has 4 aromatic rings. The molecule has 0 fully saturated rings. The summed E-state index contributed by atoms with van der Waals surface area (Å²) in [5.74, 6) is 0. The van der Waals surface area contributed by atoms with E-state index in [9.17, 15) is 8.42 Å². The number of aromatic nitrogens is 3. The fourth-order valence-corrected chi connectivity index (χ4v) is 5.42. The van der Waals surface area contributed by atoms with E-state index in [4.69, 9.17) is 16.3 Å². The first-order valence-electron chi connectivity index (χ1n) is 11.0. The third kappa shape index (κ3) is 5.58. The van der Waals surface area contributed by atoms with Gasteiger partial charge >= 0.3 is 0 Å². The standard InChI is InChI=1S/C25H28ClN3O3SSi/c1-33(30,31)25-28-24-22(29(25)17-32-14-15-34(2,3)4)16-21(26)23(27-24)20-12-10-19(11-13-20)18-8-6-5-7-9-18/h5-13,16H,14-15,17H2,1-4H3. The number of imidazole rings is 1. The average Bonchev–Trinajstić information content (AvgIpc) is 3.14. The van der Waals surface area contributed by atoms with Gasteiger partial charge in [0, 0.05) is 26.5 Å². The lowest BCUT2D eigenvalue weighted by Crippen LogP contribution is -2.22. The van der Waals surface area contributed by atoms with E-state index in [-0.39, 0.29) is 11.9 Å². The number of hydrogen-bond donors (Lipinski definition) is 0. The van der Waals surface area contributed by atoms with Crippen LogP contribution in [0.15, 0.2) is 65.8 Å². The second kappa shape index (κ2) is 9.62. The topological polar surface area (TPSA) is 74.1 Å². The van der Waals surface area contributed by atoms with Crippen LogP contribution >= 0.6 is 11.6 Å². The number of sulfone groups is 1. The van der Waals surface area contributed by atoms with Crippen LogP contribution in [0.5, 0.6) is 0 Å². The van der Waals surface area contributed by atoms with Crippen molar-refractivity contribution in [3.8, 4) is 22.4 Å². The van der Waals surface area contributed by atoms with Gasteiger partial charge in [-0.05, 0) is 23.2 Å². The van der Waals surface area contributed by atoms with Crippen molar-refractivity contribution in [2.75, 3.05) is 12.9 Å². The molecule has 4 rings (SSSR count). The van der Waals surface area contributed by atoms with E-state index in [2.05, 4.69) is 41.7 Å². The molecule has 178 valence electrons. The van der Waals surface area contributed by atoms with Crippen LogP contribution in [-0.4, -0.2) is 43.9 Å². The first kappa shape index (κ1) is 24.6. The van der Waals surface area contributed by atoms with Crippen molar-refractivity contribution in [1.82, 2.24) is 14.5 Å². The van der Waals surface area contributed by atoms with Crippen molar-refractivity contribution >= 4 is 40.7 Å². The quantitative estimate of drug-likeness (QED) is 0.209. The van der Waals surface area contributed by atoms with E-state index < -0.39 is 17.9 Å². The normalized spacial score (nSPS) is 12.4. The van der Waals surface area contributed by atoms with Gasteiger partial charge in [0.15, 0.2) is 5.65 Å². The van der Waals surface area contributed by atoms with E-state index in [1.54, 1.807) is 6.07 Å². The minimum absolute atomic E-state index is 0.0735. The fourth-order valence-electron chi connectivity index (χ4n) is 3.60. The van der Waals surface area contributed by atoms with Crippen molar-refractivity contribution in [1.29, 1.82) is 0 Å². The minimum atomic E-state index is -3.59. The van der Waals surface area contributed by atoms with E-state index in [1.807, 2.05) is 42.5 Å². The first-order valence-corrected chi connectivity index (χ1v) is 17.0. The summed E-state index contributed by atoms with van der Waals surface area (Å²) in [6, 6.07) is 20.7. The Morgan fingerprint density at radius 3 is 2.18 bits per heavy atom. The van der Waals surface area contributed by atoms with E-state index in [0.717, 1.165) is 29.0 Å². The van der Waals surface area contributed by atoms with Gasteiger partial charge in [-0.25, -0.2) is 13.4 Å². The van der Waals surface area contributed by atoms with Gasteiger partial charge in [0.05, 0.1) is 16.2 Å². The molecule has 0 aliphatic carbocycles. The molecule has 0 atom stereocenters. The highest BCUT2D eigenvalue weighted by molar-refractivity contribution is 7.90. The Bertz CT molecular complexity index is 1410. The summed E-state index contributed by atoms with van der Waals surface area (Å²) < 4.78 is 32.2. The second-order valence-electron chi connectivity index (χ2n) is 9.55. The van der Waals surface area contributed by atoms with Crippen LogP contribution in [0.4, 0.5) is 0 Å². The van der Waals surface area contributed by atoms with Crippen LogP contribution in [0.1, 0.15) is 0 Å². The maximum Gasteiger partial charge on any atom is 0.231 e. The molecule has 34 heavy (non-hydrogen) atoms. The number of benzene rings is 2. The van der Waals surface area contributed by atoms with Crippen molar-refractivity contribution in [3.63, 3.8) is 0 Å². The molecule has 0 N–H and O–H groups in total. The van der Waals surface area contributed by atoms with Gasteiger partial charge in [0.2, 0.25) is 15.0 Å². The van der Waals surface area contributed by atoms with Crippen molar-refractivity contribution < 1.29 is 13.2 Å². The zero-order chi connectivity index (χ0) is 24.5. The fraction of sp³-hybridized carbons (Fsp3) is 0.280. The van der Waals surface area contributed by atoms with Crippen LogP contribution < -0.4 is 0 Å². The van der Waals surface area contributed by atoms with Gasteiger partial charge < -0.3 is 4.74 Å². The number of pyridine rings is 1. The van der Waals surface area contributed by atoms with Crippen molar-refractivity contribution in [2.45, 2.75) is 37.6 Å². The first-order chi connectivity index (χ1) is 16.0. The van der Waals surface area contributed by atoms with Crippen LogP contribution in [0, 0.1) is 0 Å². The van der Waals surface area contributed by atoms with Crippen LogP contribution in [0.3, 0.4) is 0 Å². The molecule has 2 aromatic heterocycles. The largest absolute Gasteiger partial charge is 0.361 e. The summed E-state index contributed by atoms with van der Waals surface area (Å²) in [7, 11) is -4.85. The number of nitrogens with zero attached hydrogens (tertiary/aromatic N) is 3. The molecule has 0 unspecified atom stereocenters. The molecule has 0 aliphatic heterocycles. The second-order valence-corrected chi connectivity index (χ2v) is 17.5. The molecule has 0 spiro atoms. The summed E-state index contributed by atoms with van der Waals surface area (Å²) in [5, 5.41) is 0.346. The van der Waals surface area contributed by atoms with E-state index in [0.29, 0.717) is 28.5 Å². The summed E-state index contributed by atoms with van der Waals surface area (Å²) in [5.41, 5.74) is 4.44. The van der Waals surface area contributed by atoms with E-state index >= 15 is 0 Å². The lowest BCUT2D eigenvalue weighted by Gasteiger charge is -2.16. The number of fused-ring (bicyclic) bond motifs is 1. The smallest absolute Gasteiger partial charge is 0.231 e. The van der Waals surface area contributed by atoms with Crippen molar-refractivity contribution in [2.24, 2.45) is 0 Å². The maximum atomic E-state index is 12.4. The Hall–Kier alpha value is -2.52. The monoisotopic (exact) mass is 513 g/mol. The molecule has 0 bridgehead atoms. The zero-order valence-corrected chi connectivity index (χ0v) is 22.3. The molecular formula is C25H28ClN3O3SSi. The SMILES string of the molecule is C[Si](C)(C)CCOCn1c(S(C)(=O)=O)nc2nc(-c3ccc(-c4ccccc4)cc3)c(Cl)cc21. The van der Waals surface area contributed by atoms with Crippen molar-refractivity contribution in [3.05, 3.63) is 65.7 Å². The third-order valence-corrected chi connectivity index (χ3v) is 8.44.